The fourth-order valence-corrected chi connectivity index (χ4v) is 4.51. The number of aliphatic hydroxyl groups is 1. The van der Waals surface area contributed by atoms with Crippen molar-refractivity contribution in [2.75, 3.05) is 6.54 Å². The fourth-order valence-electron chi connectivity index (χ4n) is 4.51. The second-order valence-corrected chi connectivity index (χ2v) is 10.3. The number of aliphatic hydroxyl groups excluding tert-OH is 1. The van der Waals surface area contributed by atoms with Crippen molar-refractivity contribution in [2.45, 2.75) is 51.4 Å². The highest BCUT2D eigenvalue weighted by molar-refractivity contribution is 5.99. The molecule has 0 saturated carbocycles. The summed E-state index contributed by atoms with van der Waals surface area (Å²) in [6.45, 7) is 6.20. The first-order valence-corrected chi connectivity index (χ1v) is 13.8. The van der Waals surface area contributed by atoms with E-state index in [1.54, 1.807) is 42.9 Å². The van der Waals surface area contributed by atoms with Gasteiger partial charge in [-0.25, -0.2) is 0 Å². The Hall–Kier alpha value is -4.40. The lowest BCUT2D eigenvalue weighted by Crippen LogP contribution is -2.49. The molecule has 0 saturated heterocycles. The number of aryl methyl sites for hydroxylation is 1. The van der Waals surface area contributed by atoms with Gasteiger partial charge in [-0.1, -0.05) is 66.2 Å². The van der Waals surface area contributed by atoms with E-state index in [2.05, 4.69) is 50.2 Å². The van der Waals surface area contributed by atoms with Gasteiger partial charge in [0.1, 0.15) is 0 Å². The molecule has 0 fully saturated rings. The van der Waals surface area contributed by atoms with Gasteiger partial charge in [0.05, 0.1) is 30.1 Å². The van der Waals surface area contributed by atoms with E-state index in [-0.39, 0.29) is 30.4 Å². The molecule has 0 spiro atoms. The van der Waals surface area contributed by atoms with E-state index in [1.807, 2.05) is 51.1 Å². The Labute approximate surface area is 241 Å². The molecule has 0 aliphatic rings. The second-order valence-electron chi connectivity index (χ2n) is 10.3. The Balaban J connectivity index is 1.44. The molecule has 2 amide bonds. The van der Waals surface area contributed by atoms with Crippen molar-refractivity contribution in [2.24, 2.45) is 0 Å². The van der Waals surface area contributed by atoms with Crippen LogP contribution in [0.15, 0.2) is 97.5 Å². The molecule has 4 atom stereocenters. The molecule has 4 aromatic rings. The number of nitrogens with one attached hydrogen (secondary N) is 3. The molecule has 1 heterocycles. The summed E-state index contributed by atoms with van der Waals surface area (Å²) >= 11 is 0. The second kappa shape index (κ2) is 14.3. The Morgan fingerprint density at radius 3 is 2.17 bits per heavy atom. The number of carbonyl (C=O) groups is 2. The fraction of sp³-hybridized carbons (Fsp3) is 0.273. The van der Waals surface area contributed by atoms with Crippen LogP contribution in [0.1, 0.15) is 69.0 Å². The van der Waals surface area contributed by atoms with E-state index in [9.17, 15) is 14.7 Å². The number of amides is 2. The highest BCUT2D eigenvalue weighted by Crippen LogP contribution is 2.15. The summed E-state index contributed by atoms with van der Waals surface area (Å²) in [6.07, 6.45) is 4.34. The Kier molecular flexibility index (Phi) is 10.3. The van der Waals surface area contributed by atoms with Crippen LogP contribution >= 0.6 is 0 Å². The summed E-state index contributed by atoms with van der Waals surface area (Å²) < 4.78 is 0. The molecule has 212 valence electrons. The van der Waals surface area contributed by atoms with Crippen molar-refractivity contribution in [3.8, 4) is 0 Å². The third-order valence-corrected chi connectivity index (χ3v) is 7.05. The number of hydrogen-bond donors (Lipinski definition) is 4. The monoisotopic (exact) mass is 551 g/mol. The number of nitrogens with zero attached hydrogens (tertiary/aromatic N) is 2. The lowest BCUT2D eigenvalue weighted by molar-refractivity contribution is 0.0825. The van der Waals surface area contributed by atoms with Gasteiger partial charge in [0.25, 0.3) is 11.8 Å². The minimum Gasteiger partial charge on any atom is -0.390 e. The standard InChI is InChI=1S/C33H37N5O3/c1-22-12-14-26(15-13-22)23(2)36-21-31(39)29(18-25-8-5-4-6-9-25)38-33(41)28-11-7-10-27(19-28)32(40)37-24(3)30-20-34-16-17-35-30/h4-17,19-20,23-24,29,31,36,39H,18,21H2,1-3H3,(H,37,40)(H,38,41)/t23-,24?,29+,31-/m1/s1. The molecule has 0 radical (unpaired) electrons. The van der Waals surface area contributed by atoms with E-state index >= 15 is 0 Å². The van der Waals surface area contributed by atoms with Crippen LogP contribution < -0.4 is 16.0 Å². The minimum atomic E-state index is -0.855. The molecule has 1 aromatic heterocycles. The average Bonchev–Trinajstić information content (AvgIpc) is 3.00. The first kappa shape index (κ1) is 29.6. The Morgan fingerprint density at radius 1 is 0.829 bits per heavy atom. The van der Waals surface area contributed by atoms with Crippen LogP contribution in [0.25, 0.3) is 0 Å². The molecular weight excluding hydrogens is 514 g/mol. The lowest BCUT2D eigenvalue weighted by Gasteiger charge is -2.26. The van der Waals surface area contributed by atoms with E-state index in [0.717, 1.165) is 11.1 Å². The van der Waals surface area contributed by atoms with Gasteiger partial charge in [0, 0.05) is 36.1 Å². The number of carbonyl (C=O) groups excluding carboxylic acids is 2. The highest BCUT2D eigenvalue weighted by Gasteiger charge is 2.24. The van der Waals surface area contributed by atoms with Gasteiger partial charge >= 0.3 is 0 Å². The van der Waals surface area contributed by atoms with Gasteiger partial charge in [-0.2, -0.15) is 0 Å². The molecule has 4 N–H and O–H groups in total. The molecular formula is C33H37N5O3. The molecule has 8 nitrogen and oxygen atoms in total. The Bertz CT molecular complexity index is 1410. The largest absolute Gasteiger partial charge is 0.390 e. The van der Waals surface area contributed by atoms with Crippen molar-refractivity contribution in [1.29, 1.82) is 0 Å². The lowest BCUT2D eigenvalue weighted by atomic mass is 9.99. The van der Waals surface area contributed by atoms with Crippen LogP contribution in [0.5, 0.6) is 0 Å². The summed E-state index contributed by atoms with van der Waals surface area (Å²) in [5.41, 5.74) is 4.62. The van der Waals surface area contributed by atoms with Gasteiger partial charge in [-0.3, -0.25) is 19.6 Å². The van der Waals surface area contributed by atoms with Crippen molar-refractivity contribution in [1.82, 2.24) is 25.9 Å². The minimum absolute atomic E-state index is 0.0257. The molecule has 3 aromatic carbocycles. The smallest absolute Gasteiger partial charge is 0.251 e. The van der Waals surface area contributed by atoms with Gasteiger partial charge < -0.3 is 21.1 Å². The Morgan fingerprint density at radius 2 is 1.51 bits per heavy atom. The SMILES string of the molecule is Cc1ccc([C@@H](C)NC[C@@H](O)[C@H](Cc2ccccc2)NC(=O)c2cccc(C(=O)NC(C)c3cnccn3)c2)cc1. The molecule has 4 rings (SSSR count). The van der Waals surface area contributed by atoms with E-state index < -0.39 is 12.1 Å². The molecule has 41 heavy (non-hydrogen) atoms. The van der Waals surface area contributed by atoms with Crippen LogP contribution in [-0.4, -0.2) is 45.6 Å². The molecule has 0 bridgehead atoms. The summed E-state index contributed by atoms with van der Waals surface area (Å²) in [5.74, 6) is -0.693. The maximum atomic E-state index is 13.4. The topological polar surface area (TPSA) is 116 Å². The van der Waals surface area contributed by atoms with Gasteiger partial charge in [0.15, 0.2) is 0 Å². The van der Waals surface area contributed by atoms with E-state index in [1.165, 1.54) is 5.56 Å². The van der Waals surface area contributed by atoms with Gasteiger partial charge in [0.2, 0.25) is 0 Å². The van der Waals surface area contributed by atoms with Crippen molar-refractivity contribution < 1.29 is 14.7 Å². The molecule has 0 aliphatic heterocycles. The maximum Gasteiger partial charge on any atom is 0.251 e. The van der Waals surface area contributed by atoms with Gasteiger partial charge in [-0.05, 0) is 56.5 Å². The summed E-state index contributed by atoms with van der Waals surface area (Å²) in [5, 5.41) is 20.5. The quantitative estimate of drug-likeness (QED) is 0.208. The van der Waals surface area contributed by atoms with Crippen LogP contribution in [0.3, 0.4) is 0 Å². The van der Waals surface area contributed by atoms with Crippen LogP contribution in [0.4, 0.5) is 0 Å². The first-order valence-electron chi connectivity index (χ1n) is 13.8. The van der Waals surface area contributed by atoms with E-state index in [4.69, 9.17) is 0 Å². The zero-order chi connectivity index (χ0) is 29.2. The van der Waals surface area contributed by atoms with Crippen LogP contribution in [0.2, 0.25) is 0 Å². The normalized spacial score (nSPS) is 14.0. The summed E-state index contributed by atoms with van der Waals surface area (Å²) in [6, 6.07) is 23.6. The zero-order valence-electron chi connectivity index (χ0n) is 23.6. The summed E-state index contributed by atoms with van der Waals surface area (Å²) in [4.78, 5) is 34.6. The third-order valence-electron chi connectivity index (χ3n) is 7.05. The molecule has 8 heteroatoms. The van der Waals surface area contributed by atoms with Crippen LogP contribution in [-0.2, 0) is 6.42 Å². The molecule has 0 aliphatic carbocycles. The first-order chi connectivity index (χ1) is 19.8. The average molecular weight is 552 g/mol. The van der Waals surface area contributed by atoms with Crippen molar-refractivity contribution in [3.05, 3.63) is 131 Å². The van der Waals surface area contributed by atoms with Crippen molar-refractivity contribution in [3.63, 3.8) is 0 Å². The van der Waals surface area contributed by atoms with Crippen molar-refractivity contribution >= 4 is 11.8 Å². The zero-order valence-corrected chi connectivity index (χ0v) is 23.6. The molecule has 1 unspecified atom stereocenters. The maximum absolute atomic E-state index is 13.4. The highest BCUT2D eigenvalue weighted by atomic mass is 16.3. The van der Waals surface area contributed by atoms with E-state index in [0.29, 0.717) is 23.2 Å². The predicted molar refractivity (Wildman–Crippen MR) is 159 cm³/mol. The number of aromatic nitrogens is 2. The number of hydrogen-bond acceptors (Lipinski definition) is 6. The van der Waals surface area contributed by atoms with Crippen LogP contribution in [0, 0.1) is 6.92 Å². The third kappa shape index (κ3) is 8.54. The predicted octanol–water partition coefficient (Wildman–Crippen LogP) is 4.33. The number of rotatable bonds is 12. The number of benzene rings is 3. The van der Waals surface area contributed by atoms with Gasteiger partial charge in [-0.15, -0.1) is 0 Å². The summed E-state index contributed by atoms with van der Waals surface area (Å²) in [7, 11) is 0.